The molecule has 1 N–H and O–H groups in total. The van der Waals surface area contributed by atoms with Crippen LogP contribution < -0.4 is 10.2 Å². The Morgan fingerprint density at radius 1 is 1.21 bits per heavy atom. The molecule has 0 aromatic carbocycles. The summed E-state index contributed by atoms with van der Waals surface area (Å²) >= 11 is 7.34. The Balaban J connectivity index is 1.69. The molecule has 0 saturated carbocycles. The van der Waals surface area contributed by atoms with Crippen LogP contribution >= 0.6 is 23.6 Å². The molecule has 2 aromatic heterocycles. The summed E-state index contributed by atoms with van der Waals surface area (Å²) in [6.45, 7) is 13.1. The predicted molar refractivity (Wildman–Crippen MR) is 127 cm³/mol. The highest BCUT2D eigenvalue weighted by molar-refractivity contribution is 7.80. The second-order valence-electron chi connectivity index (χ2n) is 9.34. The molecule has 0 bridgehead atoms. The summed E-state index contributed by atoms with van der Waals surface area (Å²) in [5.41, 5.74) is 1.88. The number of hydrogen-bond donors (Lipinski definition) is 1. The summed E-state index contributed by atoms with van der Waals surface area (Å²) in [5, 5.41) is 5.28. The average molecular weight is 432 g/mol. The lowest BCUT2D eigenvalue weighted by Crippen LogP contribution is -2.51. The third-order valence-corrected chi connectivity index (χ3v) is 8.17. The van der Waals surface area contributed by atoms with Gasteiger partial charge in [0, 0.05) is 44.5 Å². The minimum atomic E-state index is 0.360. The number of thiocarbonyl (C=S) groups is 1. The van der Waals surface area contributed by atoms with E-state index in [-0.39, 0.29) is 0 Å². The smallest absolute Gasteiger partial charge is 0.168 e. The summed E-state index contributed by atoms with van der Waals surface area (Å²) in [6, 6.07) is 0. The Labute approximate surface area is 183 Å². The van der Waals surface area contributed by atoms with Crippen LogP contribution in [-0.4, -0.2) is 53.2 Å². The highest BCUT2D eigenvalue weighted by Gasteiger charge is 2.33. The number of rotatable bonds is 2. The number of aromatic nitrogens is 2. The molecule has 1 aliphatic heterocycles. The van der Waals surface area contributed by atoms with Crippen LogP contribution in [0.1, 0.15) is 50.4 Å². The first kappa shape index (κ1) is 20.8. The third-order valence-electron chi connectivity index (χ3n) is 6.56. The number of fused-ring (bicyclic) bond motifs is 3. The van der Waals surface area contributed by atoms with Crippen LogP contribution in [0.3, 0.4) is 0 Å². The standard InChI is InChI=1S/C22H33N5S2/c1-6-17-24-19(26-9-11-27(12-10-26)21(28)23-5)18-15-8-7-14(22(2,3)4)13-16(15)29-20(18)25-17/h14H,6-13H2,1-5H3,(H,23,28)/t14-/m0/s1. The van der Waals surface area contributed by atoms with Gasteiger partial charge in [-0.3, -0.25) is 0 Å². The van der Waals surface area contributed by atoms with E-state index in [1.54, 1.807) is 4.88 Å². The van der Waals surface area contributed by atoms with E-state index in [0.29, 0.717) is 5.41 Å². The molecule has 0 amide bonds. The number of anilines is 1. The maximum atomic E-state index is 5.43. The highest BCUT2D eigenvalue weighted by Crippen LogP contribution is 2.45. The van der Waals surface area contributed by atoms with Gasteiger partial charge in [0.15, 0.2) is 5.11 Å². The second-order valence-corrected chi connectivity index (χ2v) is 10.8. The Kier molecular flexibility index (Phi) is 5.73. The van der Waals surface area contributed by atoms with Crippen molar-refractivity contribution in [2.45, 2.75) is 53.4 Å². The number of nitrogens with zero attached hydrogens (tertiary/aromatic N) is 4. The molecule has 4 rings (SSSR count). The predicted octanol–water partition coefficient (Wildman–Crippen LogP) is 4.03. The monoisotopic (exact) mass is 431 g/mol. The lowest BCUT2D eigenvalue weighted by molar-refractivity contribution is 0.218. The van der Waals surface area contributed by atoms with Crippen molar-refractivity contribution in [2.75, 3.05) is 38.1 Å². The molecule has 1 saturated heterocycles. The number of piperazine rings is 1. The van der Waals surface area contributed by atoms with Crippen molar-refractivity contribution in [3.63, 3.8) is 0 Å². The highest BCUT2D eigenvalue weighted by atomic mass is 32.1. The van der Waals surface area contributed by atoms with Gasteiger partial charge in [0.1, 0.15) is 16.5 Å². The number of nitrogens with one attached hydrogen (secondary N) is 1. The van der Waals surface area contributed by atoms with Gasteiger partial charge in [-0.05, 0) is 48.4 Å². The van der Waals surface area contributed by atoms with Crippen LogP contribution in [0.4, 0.5) is 5.82 Å². The number of aryl methyl sites for hydroxylation is 2. The van der Waals surface area contributed by atoms with E-state index in [9.17, 15) is 0 Å². The lowest BCUT2D eigenvalue weighted by Gasteiger charge is -2.37. The molecule has 1 fully saturated rings. The quantitative estimate of drug-likeness (QED) is 0.724. The van der Waals surface area contributed by atoms with Crippen LogP contribution in [0.5, 0.6) is 0 Å². The van der Waals surface area contributed by atoms with Gasteiger partial charge in [-0.25, -0.2) is 9.97 Å². The fourth-order valence-electron chi connectivity index (χ4n) is 4.61. The molecule has 5 nitrogen and oxygen atoms in total. The lowest BCUT2D eigenvalue weighted by atomic mass is 9.72. The van der Waals surface area contributed by atoms with E-state index in [1.807, 2.05) is 18.4 Å². The third kappa shape index (κ3) is 3.96. The minimum absolute atomic E-state index is 0.360. The van der Waals surface area contributed by atoms with Gasteiger partial charge in [-0.15, -0.1) is 11.3 Å². The van der Waals surface area contributed by atoms with E-state index in [1.165, 1.54) is 28.6 Å². The summed E-state index contributed by atoms with van der Waals surface area (Å²) in [7, 11) is 1.90. The van der Waals surface area contributed by atoms with Crippen molar-refractivity contribution >= 4 is 44.7 Å². The van der Waals surface area contributed by atoms with Crippen LogP contribution in [0, 0.1) is 11.3 Å². The molecule has 158 valence electrons. The SMILES string of the molecule is CCc1nc(N2CCN(C(=S)NC)CC2)c2c3c(sc2n1)C[C@@H](C(C)(C)C)CC3. The summed E-state index contributed by atoms with van der Waals surface area (Å²) < 4.78 is 0. The fraction of sp³-hybridized carbons (Fsp3) is 0.682. The Morgan fingerprint density at radius 3 is 2.55 bits per heavy atom. The maximum Gasteiger partial charge on any atom is 0.168 e. The van der Waals surface area contributed by atoms with E-state index < -0.39 is 0 Å². The molecule has 1 atom stereocenters. The first-order valence-electron chi connectivity index (χ1n) is 10.8. The van der Waals surface area contributed by atoms with Crippen molar-refractivity contribution in [2.24, 2.45) is 11.3 Å². The van der Waals surface area contributed by atoms with Gasteiger partial charge in [0.05, 0.1) is 5.39 Å². The van der Waals surface area contributed by atoms with Crippen LogP contribution in [-0.2, 0) is 19.3 Å². The Bertz CT molecular complexity index is 906. The molecule has 3 heterocycles. The van der Waals surface area contributed by atoms with Crippen LogP contribution in [0.15, 0.2) is 0 Å². The molecule has 29 heavy (non-hydrogen) atoms. The zero-order valence-electron chi connectivity index (χ0n) is 18.3. The first-order chi connectivity index (χ1) is 13.8. The van der Waals surface area contributed by atoms with Crippen molar-refractivity contribution in [3.8, 4) is 0 Å². The molecule has 7 heteroatoms. The zero-order valence-corrected chi connectivity index (χ0v) is 20.0. The molecule has 2 aromatic rings. The van der Waals surface area contributed by atoms with E-state index >= 15 is 0 Å². The summed E-state index contributed by atoms with van der Waals surface area (Å²) in [5.74, 6) is 2.87. The molecule has 0 spiro atoms. The number of hydrogen-bond acceptors (Lipinski definition) is 5. The van der Waals surface area contributed by atoms with Crippen molar-refractivity contribution in [3.05, 3.63) is 16.3 Å². The van der Waals surface area contributed by atoms with Gasteiger partial charge in [0.2, 0.25) is 0 Å². The Morgan fingerprint density at radius 2 is 1.93 bits per heavy atom. The molecule has 0 unspecified atom stereocenters. The molecule has 2 aliphatic rings. The largest absolute Gasteiger partial charge is 0.366 e. The summed E-state index contributed by atoms with van der Waals surface area (Å²) in [4.78, 5) is 17.4. The van der Waals surface area contributed by atoms with Gasteiger partial charge in [-0.1, -0.05) is 27.7 Å². The summed E-state index contributed by atoms with van der Waals surface area (Å²) in [6.07, 6.45) is 4.48. The maximum absolute atomic E-state index is 5.43. The van der Waals surface area contributed by atoms with Crippen molar-refractivity contribution < 1.29 is 0 Å². The molecule has 1 aliphatic carbocycles. The van der Waals surface area contributed by atoms with E-state index in [2.05, 4.69) is 42.8 Å². The van der Waals surface area contributed by atoms with Gasteiger partial charge < -0.3 is 15.1 Å². The second kappa shape index (κ2) is 7.99. The number of thiophene rings is 1. The van der Waals surface area contributed by atoms with E-state index in [0.717, 1.165) is 61.7 Å². The molecule has 0 radical (unpaired) electrons. The van der Waals surface area contributed by atoms with Crippen LogP contribution in [0.2, 0.25) is 0 Å². The topological polar surface area (TPSA) is 44.3 Å². The zero-order chi connectivity index (χ0) is 20.8. The normalized spacial score (nSPS) is 20.1. The van der Waals surface area contributed by atoms with Crippen LogP contribution in [0.25, 0.3) is 10.2 Å². The first-order valence-corrected chi connectivity index (χ1v) is 12.1. The Hall–Kier alpha value is -1.47. The minimum Gasteiger partial charge on any atom is -0.366 e. The van der Waals surface area contributed by atoms with Gasteiger partial charge >= 0.3 is 0 Å². The average Bonchev–Trinajstić information content (AvgIpc) is 3.09. The van der Waals surface area contributed by atoms with Gasteiger partial charge in [0.25, 0.3) is 0 Å². The molecular formula is C22H33N5S2. The van der Waals surface area contributed by atoms with Crippen molar-refractivity contribution in [1.82, 2.24) is 20.2 Å². The fourth-order valence-corrected chi connectivity index (χ4v) is 6.10. The van der Waals surface area contributed by atoms with E-state index in [4.69, 9.17) is 22.2 Å². The van der Waals surface area contributed by atoms with Crippen molar-refractivity contribution in [1.29, 1.82) is 0 Å². The molecular weight excluding hydrogens is 398 g/mol. The van der Waals surface area contributed by atoms with Gasteiger partial charge in [-0.2, -0.15) is 0 Å².